The lowest BCUT2D eigenvalue weighted by atomic mass is 10.2. The predicted octanol–water partition coefficient (Wildman–Crippen LogP) is 3.87. The van der Waals surface area contributed by atoms with Crippen molar-refractivity contribution in [3.63, 3.8) is 0 Å². The second-order valence-electron chi connectivity index (χ2n) is 5.42. The minimum absolute atomic E-state index is 0.165. The smallest absolute Gasteiger partial charge is 0.261 e. The number of hydrogen-bond acceptors (Lipinski definition) is 7. The van der Waals surface area contributed by atoms with Crippen LogP contribution in [0.2, 0.25) is 0 Å². The van der Waals surface area contributed by atoms with Crippen molar-refractivity contribution in [2.75, 3.05) is 15.8 Å². The number of sulfonamides is 1. The quantitative estimate of drug-likeness (QED) is 0.318. The second kappa shape index (κ2) is 9.00. The molecule has 0 bridgehead atoms. The van der Waals surface area contributed by atoms with Crippen LogP contribution in [0.25, 0.3) is 0 Å². The molecule has 3 aromatic rings. The van der Waals surface area contributed by atoms with Gasteiger partial charge in [0.15, 0.2) is 4.34 Å². The molecule has 0 aliphatic carbocycles. The van der Waals surface area contributed by atoms with Gasteiger partial charge in [-0.05, 0) is 36.4 Å². The lowest BCUT2D eigenvalue weighted by molar-refractivity contribution is 0.102. The van der Waals surface area contributed by atoms with Crippen LogP contribution >= 0.6 is 23.1 Å². The Bertz CT molecular complexity index is 1060. The third-order valence-corrected chi connectivity index (χ3v) is 6.77. The number of thioether (sulfide) groups is 1. The van der Waals surface area contributed by atoms with Crippen molar-refractivity contribution < 1.29 is 13.2 Å². The predicted molar refractivity (Wildman–Crippen MR) is 112 cm³/mol. The zero-order valence-electron chi connectivity index (χ0n) is 14.5. The average molecular weight is 433 g/mol. The molecule has 144 valence electrons. The van der Waals surface area contributed by atoms with E-state index in [1.54, 1.807) is 24.3 Å². The van der Waals surface area contributed by atoms with Crippen LogP contribution in [0.4, 0.5) is 10.8 Å². The maximum absolute atomic E-state index is 12.3. The first kappa shape index (κ1) is 20.1. The third kappa shape index (κ3) is 5.18. The van der Waals surface area contributed by atoms with E-state index in [2.05, 4.69) is 26.8 Å². The van der Waals surface area contributed by atoms with E-state index in [4.69, 9.17) is 0 Å². The molecular formula is C18H16N4O3S3. The zero-order chi connectivity index (χ0) is 20.0. The first-order valence-corrected chi connectivity index (χ1v) is 11.3. The number of benzene rings is 2. The minimum atomic E-state index is -3.68. The number of hydrogen-bond donors (Lipinski definition) is 2. The van der Waals surface area contributed by atoms with Crippen LogP contribution < -0.4 is 10.0 Å². The first-order valence-electron chi connectivity index (χ1n) is 8.04. The molecule has 0 saturated heterocycles. The van der Waals surface area contributed by atoms with E-state index in [-0.39, 0.29) is 10.8 Å². The number of aromatic nitrogens is 2. The normalized spacial score (nSPS) is 11.0. The number of rotatable bonds is 8. The van der Waals surface area contributed by atoms with Crippen LogP contribution in [0, 0.1) is 0 Å². The fourth-order valence-electron chi connectivity index (χ4n) is 2.12. The van der Waals surface area contributed by atoms with E-state index in [1.165, 1.54) is 59.5 Å². The molecule has 0 radical (unpaired) electrons. The molecule has 0 unspecified atom stereocenters. The molecule has 1 amide bonds. The molecule has 0 saturated carbocycles. The number of nitrogens with zero attached hydrogens (tertiary/aromatic N) is 2. The topological polar surface area (TPSA) is 101 Å². The monoisotopic (exact) mass is 432 g/mol. The molecular weight excluding hydrogens is 416 g/mol. The van der Waals surface area contributed by atoms with E-state index < -0.39 is 10.0 Å². The second-order valence-corrected chi connectivity index (χ2v) is 9.35. The molecule has 2 N–H and O–H groups in total. The van der Waals surface area contributed by atoms with Crippen LogP contribution in [0.15, 0.2) is 76.5 Å². The standard InChI is InChI=1S/C18H16N4O3S3/c1-2-12-26-18-21-20-17(27-18)19-16(23)13-8-10-14(11-9-13)22-28(24,25)15-6-4-3-5-7-15/h2-11,22H,1,12H2,(H,19,20,23). The molecule has 28 heavy (non-hydrogen) atoms. The van der Waals surface area contributed by atoms with E-state index in [0.717, 1.165) is 4.34 Å². The Hall–Kier alpha value is -2.69. The van der Waals surface area contributed by atoms with Gasteiger partial charge in [-0.2, -0.15) is 0 Å². The Kier molecular flexibility index (Phi) is 6.45. The lowest BCUT2D eigenvalue weighted by Gasteiger charge is -2.08. The summed E-state index contributed by atoms with van der Waals surface area (Å²) in [5, 5.41) is 11.0. The molecule has 0 aliphatic rings. The van der Waals surface area contributed by atoms with Crippen molar-refractivity contribution in [1.82, 2.24) is 10.2 Å². The Morgan fingerprint density at radius 1 is 1.11 bits per heavy atom. The molecule has 0 spiro atoms. The van der Waals surface area contributed by atoms with Gasteiger partial charge in [0.1, 0.15) is 0 Å². The van der Waals surface area contributed by atoms with Gasteiger partial charge in [0.05, 0.1) is 4.90 Å². The summed E-state index contributed by atoms with van der Waals surface area (Å²) in [6, 6.07) is 14.2. The van der Waals surface area contributed by atoms with Crippen LogP contribution in [-0.2, 0) is 10.0 Å². The summed E-state index contributed by atoms with van der Waals surface area (Å²) < 4.78 is 27.9. The SMILES string of the molecule is C=CCSc1nnc(NC(=O)c2ccc(NS(=O)(=O)c3ccccc3)cc2)s1. The summed E-state index contributed by atoms with van der Waals surface area (Å²) in [5.41, 5.74) is 0.734. The van der Waals surface area contributed by atoms with Gasteiger partial charge in [-0.1, -0.05) is 47.4 Å². The highest BCUT2D eigenvalue weighted by molar-refractivity contribution is 8.01. The Balaban J connectivity index is 1.64. The third-order valence-electron chi connectivity index (χ3n) is 3.40. The number of nitrogens with one attached hydrogen (secondary N) is 2. The summed E-state index contributed by atoms with van der Waals surface area (Å²) in [4.78, 5) is 12.5. The maximum Gasteiger partial charge on any atom is 0.261 e. The van der Waals surface area contributed by atoms with Crippen molar-refractivity contribution in [2.24, 2.45) is 0 Å². The number of anilines is 2. The van der Waals surface area contributed by atoms with E-state index >= 15 is 0 Å². The fourth-order valence-corrected chi connectivity index (χ4v) is 4.71. The number of carbonyl (C=O) groups excluding carboxylic acids is 1. The van der Waals surface area contributed by atoms with Gasteiger partial charge in [-0.3, -0.25) is 14.8 Å². The summed E-state index contributed by atoms with van der Waals surface area (Å²) in [6.45, 7) is 3.64. The number of amides is 1. The van der Waals surface area contributed by atoms with E-state index in [9.17, 15) is 13.2 Å². The van der Waals surface area contributed by atoms with Gasteiger partial charge in [0.2, 0.25) is 5.13 Å². The summed E-state index contributed by atoms with van der Waals surface area (Å²) in [6.07, 6.45) is 1.76. The van der Waals surface area contributed by atoms with Crippen molar-refractivity contribution in [3.8, 4) is 0 Å². The molecule has 7 nitrogen and oxygen atoms in total. The molecule has 0 atom stereocenters. The van der Waals surface area contributed by atoms with Crippen LogP contribution in [0.1, 0.15) is 10.4 Å². The highest BCUT2D eigenvalue weighted by Crippen LogP contribution is 2.26. The van der Waals surface area contributed by atoms with Crippen LogP contribution in [0.5, 0.6) is 0 Å². The van der Waals surface area contributed by atoms with Gasteiger partial charge < -0.3 is 0 Å². The van der Waals surface area contributed by atoms with Gasteiger partial charge >= 0.3 is 0 Å². The highest BCUT2D eigenvalue weighted by Gasteiger charge is 2.14. The van der Waals surface area contributed by atoms with E-state index in [0.29, 0.717) is 22.1 Å². The van der Waals surface area contributed by atoms with Crippen LogP contribution in [-0.4, -0.2) is 30.3 Å². The highest BCUT2D eigenvalue weighted by atomic mass is 32.2. The molecule has 1 aromatic heterocycles. The molecule has 2 aromatic carbocycles. The minimum Gasteiger partial charge on any atom is -0.296 e. The van der Waals surface area contributed by atoms with Crippen LogP contribution in [0.3, 0.4) is 0 Å². The zero-order valence-corrected chi connectivity index (χ0v) is 17.0. The van der Waals surface area contributed by atoms with Gasteiger partial charge in [0, 0.05) is 17.0 Å². The van der Waals surface area contributed by atoms with Crippen molar-refractivity contribution in [3.05, 3.63) is 72.8 Å². The van der Waals surface area contributed by atoms with Crippen molar-refractivity contribution in [2.45, 2.75) is 9.24 Å². The van der Waals surface area contributed by atoms with E-state index in [1.807, 2.05) is 0 Å². The number of carbonyl (C=O) groups is 1. The fraction of sp³-hybridized carbons (Fsp3) is 0.0556. The molecule has 0 fully saturated rings. The first-order chi connectivity index (χ1) is 13.5. The Morgan fingerprint density at radius 3 is 2.50 bits per heavy atom. The van der Waals surface area contributed by atoms with Gasteiger partial charge in [-0.15, -0.1) is 16.8 Å². The summed E-state index contributed by atoms with van der Waals surface area (Å²) >= 11 is 2.75. The van der Waals surface area contributed by atoms with Gasteiger partial charge in [-0.25, -0.2) is 8.42 Å². The van der Waals surface area contributed by atoms with Crippen molar-refractivity contribution >= 4 is 49.8 Å². The summed E-state index contributed by atoms with van der Waals surface area (Å²) in [7, 11) is -3.68. The van der Waals surface area contributed by atoms with Crippen molar-refractivity contribution in [1.29, 1.82) is 0 Å². The Labute approximate surface area is 171 Å². The Morgan fingerprint density at radius 2 is 1.82 bits per heavy atom. The lowest BCUT2D eigenvalue weighted by Crippen LogP contribution is -2.14. The maximum atomic E-state index is 12.3. The summed E-state index contributed by atoms with van der Waals surface area (Å²) in [5.74, 6) is 0.358. The van der Waals surface area contributed by atoms with Gasteiger partial charge in [0.25, 0.3) is 15.9 Å². The molecule has 10 heteroatoms. The molecule has 1 heterocycles. The largest absolute Gasteiger partial charge is 0.296 e. The molecule has 0 aliphatic heterocycles. The average Bonchev–Trinajstić information content (AvgIpc) is 3.14. The molecule has 3 rings (SSSR count).